The van der Waals surface area contributed by atoms with Crippen LogP contribution in [-0.2, 0) is 4.74 Å². The molecule has 0 unspecified atom stereocenters. The van der Waals surface area contributed by atoms with Gasteiger partial charge < -0.3 is 9.84 Å². The van der Waals surface area contributed by atoms with Crippen molar-refractivity contribution in [3.05, 3.63) is 29.8 Å². The van der Waals surface area contributed by atoms with Gasteiger partial charge in [-0.3, -0.25) is 4.90 Å². The molecule has 0 saturated heterocycles. The summed E-state index contributed by atoms with van der Waals surface area (Å²) in [7, 11) is 1.48. The first-order valence-corrected chi connectivity index (χ1v) is 5.20. The Balaban J connectivity index is 2.99. The molecule has 17 heavy (non-hydrogen) atoms. The summed E-state index contributed by atoms with van der Waals surface area (Å²) in [5.74, 6) is -1.08. The molecule has 0 spiro atoms. The van der Waals surface area contributed by atoms with Gasteiger partial charge in [0, 0.05) is 7.05 Å². The van der Waals surface area contributed by atoms with Crippen molar-refractivity contribution in [3.63, 3.8) is 0 Å². The van der Waals surface area contributed by atoms with Crippen LogP contribution >= 0.6 is 0 Å². The van der Waals surface area contributed by atoms with E-state index >= 15 is 0 Å². The molecule has 5 heteroatoms. The summed E-state index contributed by atoms with van der Waals surface area (Å²) in [6, 6.07) is 6.28. The van der Waals surface area contributed by atoms with Crippen molar-refractivity contribution in [2.75, 3.05) is 11.9 Å². The normalized spacial score (nSPS) is 10.1. The van der Waals surface area contributed by atoms with Gasteiger partial charge in [0.25, 0.3) is 0 Å². The number of carboxylic acid groups (broad SMARTS) is 1. The molecule has 1 aromatic rings. The van der Waals surface area contributed by atoms with Gasteiger partial charge in [0.05, 0.1) is 17.4 Å². The minimum Gasteiger partial charge on any atom is -0.478 e. The highest BCUT2D eigenvalue weighted by atomic mass is 16.6. The van der Waals surface area contributed by atoms with Crippen molar-refractivity contribution in [1.82, 2.24) is 0 Å². The maximum Gasteiger partial charge on any atom is 0.414 e. The van der Waals surface area contributed by atoms with Crippen LogP contribution in [0.4, 0.5) is 10.5 Å². The molecule has 0 heterocycles. The molecule has 1 rings (SSSR count). The van der Waals surface area contributed by atoms with Crippen molar-refractivity contribution in [2.45, 2.75) is 20.0 Å². The first-order chi connectivity index (χ1) is 7.93. The minimum absolute atomic E-state index is 0.0655. The first kappa shape index (κ1) is 13.0. The number of carbonyl (C=O) groups excluding carboxylic acids is 1. The Morgan fingerprint density at radius 3 is 2.41 bits per heavy atom. The van der Waals surface area contributed by atoms with Gasteiger partial charge in [-0.25, -0.2) is 9.59 Å². The average Bonchev–Trinajstić information content (AvgIpc) is 2.27. The number of hydrogen-bond acceptors (Lipinski definition) is 3. The second kappa shape index (κ2) is 5.34. The lowest BCUT2D eigenvalue weighted by atomic mass is 10.1. The molecule has 0 bridgehead atoms. The molecule has 0 aliphatic rings. The summed E-state index contributed by atoms with van der Waals surface area (Å²) < 4.78 is 5.00. The van der Waals surface area contributed by atoms with Gasteiger partial charge in [0.1, 0.15) is 0 Å². The molecule has 0 aliphatic heterocycles. The SMILES string of the molecule is CC(C)OC(=O)N(C)c1ccccc1C(=O)O. The van der Waals surface area contributed by atoms with Crippen LogP contribution in [0.25, 0.3) is 0 Å². The topological polar surface area (TPSA) is 66.8 Å². The van der Waals surface area contributed by atoms with Crippen LogP contribution in [0.2, 0.25) is 0 Å². The third-order valence-electron chi connectivity index (χ3n) is 2.11. The number of anilines is 1. The Morgan fingerprint density at radius 1 is 1.29 bits per heavy atom. The van der Waals surface area contributed by atoms with E-state index in [1.165, 1.54) is 18.0 Å². The molecular formula is C12H15NO4. The molecule has 1 N–H and O–H groups in total. The number of carbonyl (C=O) groups is 2. The van der Waals surface area contributed by atoms with E-state index in [4.69, 9.17) is 9.84 Å². The molecule has 0 fully saturated rings. The fourth-order valence-corrected chi connectivity index (χ4v) is 1.33. The average molecular weight is 237 g/mol. The van der Waals surface area contributed by atoms with E-state index < -0.39 is 12.1 Å². The van der Waals surface area contributed by atoms with Gasteiger partial charge in [0.2, 0.25) is 0 Å². The van der Waals surface area contributed by atoms with E-state index in [0.29, 0.717) is 5.69 Å². The zero-order chi connectivity index (χ0) is 13.0. The van der Waals surface area contributed by atoms with Crippen LogP contribution in [0.5, 0.6) is 0 Å². The summed E-state index contributed by atoms with van der Waals surface area (Å²) >= 11 is 0. The summed E-state index contributed by atoms with van der Waals surface area (Å²) in [6.45, 7) is 3.46. The zero-order valence-electron chi connectivity index (χ0n) is 10.0. The Bertz CT molecular complexity index is 428. The van der Waals surface area contributed by atoms with E-state index in [0.717, 1.165) is 0 Å². The van der Waals surface area contributed by atoms with Gasteiger partial charge in [0.15, 0.2) is 0 Å². The number of carboxylic acids is 1. The molecule has 0 atom stereocenters. The van der Waals surface area contributed by atoms with E-state index in [1.54, 1.807) is 32.0 Å². The van der Waals surface area contributed by atoms with Crippen molar-refractivity contribution < 1.29 is 19.4 Å². The highest BCUT2D eigenvalue weighted by molar-refractivity contribution is 5.99. The largest absolute Gasteiger partial charge is 0.478 e. The molecule has 92 valence electrons. The van der Waals surface area contributed by atoms with Crippen LogP contribution in [0.1, 0.15) is 24.2 Å². The number of benzene rings is 1. The van der Waals surface area contributed by atoms with Crippen LogP contribution < -0.4 is 4.90 Å². The van der Waals surface area contributed by atoms with Gasteiger partial charge in [-0.1, -0.05) is 12.1 Å². The lowest BCUT2D eigenvalue weighted by Gasteiger charge is -2.20. The highest BCUT2D eigenvalue weighted by Gasteiger charge is 2.19. The van der Waals surface area contributed by atoms with E-state index in [1.807, 2.05) is 0 Å². The third-order valence-corrected chi connectivity index (χ3v) is 2.11. The van der Waals surface area contributed by atoms with Crippen molar-refractivity contribution in [1.29, 1.82) is 0 Å². The number of para-hydroxylation sites is 1. The first-order valence-electron chi connectivity index (χ1n) is 5.20. The number of nitrogens with zero attached hydrogens (tertiary/aromatic N) is 1. The molecule has 1 aromatic carbocycles. The zero-order valence-corrected chi connectivity index (χ0v) is 10.0. The molecule has 0 aliphatic carbocycles. The molecule has 1 amide bonds. The summed E-state index contributed by atoms with van der Waals surface area (Å²) in [6.07, 6.45) is -0.823. The van der Waals surface area contributed by atoms with Gasteiger partial charge in [-0.2, -0.15) is 0 Å². The highest BCUT2D eigenvalue weighted by Crippen LogP contribution is 2.20. The lowest BCUT2D eigenvalue weighted by molar-refractivity contribution is 0.0697. The Morgan fingerprint density at radius 2 is 1.88 bits per heavy atom. The second-order valence-electron chi connectivity index (χ2n) is 3.81. The fraction of sp³-hybridized carbons (Fsp3) is 0.333. The van der Waals surface area contributed by atoms with Crippen LogP contribution in [0.3, 0.4) is 0 Å². The third kappa shape index (κ3) is 3.21. The minimum atomic E-state index is -1.08. The number of ether oxygens (including phenoxy) is 1. The second-order valence-corrected chi connectivity index (χ2v) is 3.81. The summed E-state index contributed by atoms with van der Waals surface area (Å²) in [5, 5.41) is 9.00. The van der Waals surface area contributed by atoms with Crippen molar-refractivity contribution in [2.24, 2.45) is 0 Å². The molecule has 0 radical (unpaired) electrons. The van der Waals surface area contributed by atoms with E-state index in [2.05, 4.69) is 0 Å². The number of aromatic carboxylic acids is 1. The number of amides is 1. The lowest BCUT2D eigenvalue weighted by Crippen LogP contribution is -2.30. The standard InChI is InChI=1S/C12H15NO4/c1-8(2)17-12(16)13(3)10-7-5-4-6-9(10)11(14)15/h4-8H,1-3H3,(H,14,15). The summed E-state index contributed by atoms with van der Waals surface area (Å²) in [5.41, 5.74) is 0.376. The molecular weight excluding hydrogens is 222 g/mol. The van der Waals surface area contributed by atoms with Gasteiger partial charge in [-0.05, 0) is 26.0 Å². The fourth-order valence-electron chi connectivity index (χ4n) is 1.33. The maximum atomic E-state index is 11.6. The molecule has 5 nitrogen and oxygen atoms in total. The Labute approximate surface area is 99.6 Å². The maximum absolute atomic E-state index is 11.6. The summed E-state index contributed by atoms with van der Waals surface area (Å²) in [4.78, 5) is 23.8. The van der Waals surface area contributed by atoms with Gasteiger partial charge >= 0.3 is 12.1 Å². The van der Waals surface area contributed by atoms with Crippen LogP contribution in [-0.4, -0.2) is 30.3 Å². The van der Waals surface area contributed by atoms with Crippen LogP contribution in [0.15, 0.2) is 24.3 Å². The molecule has 0 aromatic heterocycles. The Kier molecular flexibility index (Phi) is 4.09. The molecule has 0 saturated carbocycles. The predicted molar refractivity (Wildman–Crippen MR) is 63.4 cm³/mol. The monoisotopic (exact) mass is 237 g/mol. The van der Waals surface area contributed by atoms with Crippen molar-refractivity contribution in [3.8, 4) is 0 Å². The van der Waals surface area contributed by atoms with E-state index in [9.17, 15) is 9.59 Å². The smallest absolute Gasteiger partial charge is 0.414 e. The Hall–Kier alpha value is -2.04. The number of hydrogen-bond donors (Lipinski definition) is 1. The predicted octanol–water partition coefficient (Wildman–Crippen LogP) is 2.37. The van der Waals surface area contributed by atoms with E-state index in [-0.39, 0.29) is 11.7 Å². The number of rotatable bonds is 3. The van der Waals surface area contributed by atoms with Crippen molar-refractivity contribution >= 4 is 17.7 Å². The quantitative estimate of drug-likeness (QED) is 0.876. The van der Waals surface area contributed by atoms with Gasteiger partial charge in [-0.15, -0.1) is 0 Å². The van der Waals surface area contributed by atoms with Crippen LogP contribution in [0, 0.1) is 0 Å².